The lowest BCUT2D eigenvalue weighted by molar-refractivity contribution is -0.186. The van der Waals surface area contributed by atoms with Crippen molar-refractivity contribution in [3.8, 4) is 5.75 Å². The molecule has 0 aromatic heterocycles. The molecule has 0 bridgehead atoms. The van der Waals surface area contributed by atoms with Crippen molar-refractivity contribution < 1.29 is 27.8 Å². The Labute approximate surface area is 132 Å². The van der Waals surface area contributed by atoms with E-state index < -0.39 is 18.1 Å². The van der Waals surface area contributed by atoms with Gasteiger partial charge in [0.25, 0.3) is 0 Å². The maximum atomic E-state index is 12.7. The average molecular weight is 331 g/mol. The first-order valence-electron chi connectivity index (χ1n) is 7.53. The molecule has 0 aliphatic carbocycles. The van der Waals surface area contributed by atoms with Crippen molar-refractivity contribution in [3.05, 3.63) is 29.3 Å². The number of hydrogen-bond donors (Lipinski definition) is 1. The van der Waals surface area contributed by atoms with Gasteiger partial charge >= 0.3 is 12.1 Å². The van der Waals surface area contributed by atoms with Gasteiger partial charge in [-0.2, -0.15) is 13.2 Å². The zero-order valence-corrected chi connectivity index (χ0v) is 12.9. The molecule has 1 aromatic rings. The van der Waals surface area contributed by atoms with E-state index in [1.165, 1.54) is 6.07 Å². The number of aromatic carboxylic acids is 1. The zero-order chi connectivity index (χ0) is 17.0. The Balaban J connectivity index is 1.83. The van der Waals surface area contributed by atoms with Crippen LogP contribution in [0.2, 0.25) is 0 Å². The molecule has 0 radical (unpaired) electrons. The fourth-order valence-corrected chi connectivity index (χ4v) is 2.78. The van der Waals surface area contributed by atoms with Crippen LogP contribution in [0.1, 0.15) is 28.8 Å². The van der Waals surface area contributed by atoms with E-state index in [-0.39, 0.29) is 25.1 Å². The molecule has 128 valence electrons. The van der Waals surface area contributed by atoms with Crippen LogP contribution in [0.4, 0.5) is 13.2 Å². The second-order valence-electron chi connectivity index (χ2n) is 5.81. The summed E-state index contributed by atoms with van der Waals surface area (Å²) < 4.78 is 43.8. The van der Waals surface area contributed by atoms with Crippen LogP contribution in [-0.4, -0.2) is 48.4 Å². The van der Waals surface area contributed by atoms with Crippen LogP contribution >= 0.6 is 0 Å². The van der Waals surface area contributed by atoms with Crippen molar-refractivity contribution in [2.24, 2.45) is 5.92 Å². The van der Waals surface area contributed by atoms with Gasteiger partial charge in [0.2, 0.25) is 0 Å². The van der Waals surface area contributed by atoms with E-state index in [9.17, 15) is 18.0 Å². The Hall–Kier alpha value is -1.76. The van der Waals surface area contributed by atoms with Crippen molar-refractivity contribution in [3.63, 3.8) is 0 Å². The van der Waals surface area contributed by atoms with Gasteiger partial charge in [-0.15, -0.1) is 0 Å². The quantitative estimate of drug-likeness (QED) is 0.899. The first-order valence-corrected chi connectivity index (χ1v) is 7.53. The first kappa shape index (κ1) is 17.6. The number of carbonyl (C=O) groups is 1. The Morgan fingerprint density at radius 1 is 1.43 bits per heavy atom. The third-order valence-corrected chi connectivity index (χ3v) is 4.07. The Morgan fingerprint density at radius 3 is 2.78 bits per heavy atom. The van der Waals surface area contributed by atoms with E-state index >= 15 is 0 Å². The molecular weight excluding hydrogens is 311 g/mol. The molecule has 23 heavy (non-hydrogen) atoms. The molecule has 1 N–H and O–H groups in total. The zero-order valence-electron chi connectivity index (χ0n) is 12.9. The highest BCUT2D eigenvalue weighted by molar-refractivity contribution is 5.89. The number of carboxylic acid groups (broad SMARTS) is 1. The van der Waals surface area contributed by atoms with Crippen LogP contribution in [-0.2, 0) is 0 Å². The fraction of sp³-hybridized carbons (Fsp3) is 0.562. The van der Waals surface area contributed by atoms with Crippen molar-refractivity contribution in [2.75, 3.05) is 26.2 Å². The van der Waals surface area contributed by atoms with Gasteiger partial charge in [0.15, 0.2) is 0 Å². The molecule has 7 heteroatoms. The smallest absolute Gasteiger partial charge is 0.393 e. The Bertz CT molecular complexity index is 560. The first-order chi connectivity index (χ1) is 10.8. The summed E-state index contributed by atoms with van der Waals surface area (Å²) in [7, 11) is 0. The summed E-state index contributed by atoms with van der Waals surface area (Å²) in [5.41, 5.74) is 0.798. The lowest BCUT2D eigenvalue weighted by atomic mass is 9.98. The molecule has 0 spiro atoms. The number of aryl methyl sites for hydroxylation is 1. The highest BCUT2D eigenvalue weighted by Gasteiger charge is 2.41. The summed E-state index contributed by atoms with van der Waals surface area (Å²) in [6.45, 7) is 3.04. The number of carboxylic acids is 1. The maximum absolute atomic E-state index is 12.7. The van der Waals surface area contributed by atoms with Gasteiger partial charge < -0.3 is 9.84 Å². The van der Waals surface area contributed by atoms with Crippen molar-refractivity contribution >= 4 is 5.97 Å². The minimum absolute atomic E-state index is 0.0177. The molecule has 1 fully saturated rings. The molecule has 1 saturated heterocycles. The molecule has 1 aromatic carbocycles. The third kappa shape index (κ3) is 4.86. The van der Waals surface area contributed by atoms with E-state index in [1.54, 1.807) is 24.0 Å². The van der Waals surface area contributed by atoms with Gasteiger partial charge in [-0.05, 0) is 50.1 Å². The molecule has 1 unspecified atom stereocenters. The molecule has 1 aliphatic heterocycles. The summed E-state index contributed by atoms with van der Waals surface area (Å²) in [4.78, 5) is 12.7. The van der Waals surface area contributed by atoms with E-state index in [4.69, 9.17) is 9.84 Å². The van der Waals surface area contributed by atoms with Gasteiger partial charge in [0.05, 0.1) is 11.5 Å². The molecule has 4 nitrogen and oxygen atoms in total. The number of halogens is 3. The van der Waals surface area contributed by atoms with Gasteiger partial charge in [-0.25, -0.2) is 4.79 Å². The Kier molecular flexibility index (Phi) is 5.51. The number of ether oxygens (including phenoxy) is 1. The molecule has 1 aliphatic rings. The molecule has 0 saturated carbocycles. The largest absolute Gasteiger partial charge is 0.492 e. The van der Waals surface area contributed by atoms with E-state index in [1.807, 2.05) is 0 Å². The highest BCUT2D eigenvalue weighted by Crippen LogP contribution is 2.32. The van der Waals surface area contributed by atoms with Gasteiger partial charge in [0, 0.05) is 13.1 Å². The normalized spacial score (nSPS) is 19.6. The van der Waals surface area contributed by atoms with E-state index in [0.717, 1.165) is 0 Å². The minimum Gasteiger partial charge on any atom is -0.492 e. The predicted octanol–water partition coefficient (Wildman–Crippen LogP) is 3.35. The van der Waals surface area contributed by atoms with Crippen LogP contribution in [0.25, 0.3) is 0 Å². The van der Waals surface area contributed by atoms with Crippen molar-refractivity contribution in [1.82, 2.24) is 4.90 Å². The number of benzene rings is 1. The van der Waals surface area contributed by atoms with Crippen molar-refractivity contribution in [1.29, 1.82) is 0 Å². The predicted molar refractivity (Wildman–Crippen MR) is 78.9 cm³/mol. The third-order valence-electron chi connectivity index (χ3n) is 4.07. The Morgan fingerprint density at radius 2 is 2.17 bits per heavy atom. The van der Waals surface area contributed by atoms with Crippen LogP contribution < -0.4 is 4.74 Å². The highest BCUT2D eigenvalue weighted by atomic mass is 19.4. The molecule has 2 rings (SSSR count). The number of alkyl halides is 3. The van der Waals surface area contributed by atoms with Gasteiger partial charge in [-0.1, -0.05) is 0 Å². The summed E-state index contributed by atoms with van der Waals surface area (Å²) in [5.74, 6) is -1.73. The van der Waals surface area contributed by atoms with Crippen LogP contribution in [0.5, 0.6) is 5.75 Å². The molecule has 1 heterocycles. The van der Waals surface area contributed by atoms with Crippen molar-refractivity contribution in [2.45, 2.75) is 25.9 Å². The second kappa shape index (κ2) is 7.21. The van der Waals surface area contributed by atoms with Crippen LogP contribution in [0, 0.1) is 12.8 Å². The number of hydrogen-bond acceptors (Lipinski definition) is 3. The maximum Gasteiger partial charge on any atom is 0.393 e. The van der Waals surface area contributed by atoms with E-state index in [2.05, 4.69) is 0 Å². The summed E-state index contributed by atoms with van der Waals surface area (Å²) in [6.07, 6.45) is -3.41. The fourth-order valence-electron chi connectivity index (χ4n) is 2.78. The molecule has 1 atom stereocenters. The number of likely N-dealkylation sites (tertiary alicyclic amines) is 1. The van der Waals surface area contributed by atoms with Crippen LogP contribution in [0.3, 0.4) is 0 Å². The second-order valence-corrected chi connectivity index (χ2v) is 5.81. The number of rotatable bonds is 5. The van der Waals surface area contributed by atoms with Gasteiger partial charge in [-0.3, -0.25) is 4.90 Å². The standard InChI is InChI=1S/C16H20F3NO3/c1-11-9-13(4-5-14(11)15(21)22)23-8-7-20-6-2-3-12(10-20)16(17,18)19/h4-5,9,12H,2-3,6-8,10H2,1H3,(H,21,22). The van der Waals surface area contributed by atoms with E-state index in [0.29, 0.717) is 30.8 Å². The average Bonchev–Trinajstić information content (AvgIpc) is 2.46. The lowest BCUT2D eigenvalue weighted by Gasteiger charge is -2.33. The monoisotopic (exact) mass is 331 g/mol. The van der Waals surface area contributed by atoms with Gasteiger partial charge in [0.1, 0.15) is 12.4 Å². The molecular formula is C16H20F3NO3. The lowest BCUT2D eigenvalue weighted by Crippen LogP contribution is -2.43. The summed E-state index contributed by atoms with van der Waals surface area (Å²) in [6, 6.07) is 4.65. The SMILES string of the molecule is Cc1cc(OCCN2CCCC(C(F)(F)F)C2)ccc1C(=O)O. The van der Waals surface area contributed by atoms with Crippen LogP contribution in [0.15, 0.2) is 18.2 Å². The number of piperidine rings is 1. The molecule has 0 amide bonds. The summed E-state index contributed by atoms with van der Waals surface area (Å²) in [5, 5.41) is 8.95. The summed E-state index contributed by atoms with van der Waals surface area (Å²) >= 11 is 0. The topological polar surface area (TPSA) is 49.8 Å². The number of nitrogens with zero attached hydrogens (tertiary/aromatic N) is 1. The minimum atomic E-state index is -4.14.